The summed E-state index contributed by atoms with van der Waals surface area (Å²) in [7, 11) is 0. The van der Waals surface area contributed by atoms with Gasteiger partial charge in [-0.25, -0.2) is 0 Å². The lowest BCUT2D eigenvalue weighted by Crippen LogP contribution is -2.48. The van der Waals surface area contributed by atoms with Crippen molar-refractivity contribution in [2.24, 2.45) is 5.73 Å². The summed E-state index contributed by atoms with van der Waals surface area (Å²) in [5.41, 5.74) is 5.74. The maximum absolute atomic E-state index is 12.3. The van der Waals surface area contributed by atoms with Gasteiger partial charge >= 0.3 is 0 Å². The minimum Gasteiger partial charge on any atom is -0.360 e. The average Bonchev–Trinajstić information content (AvgIpc) is 2.96. The Labute approximate surface area is 140 Å². The van der Waals surface area contributed by atoms with Gasteiger partial charge in [0.25, 0.3) is 0 Å². The van der Waals surface area contributed by atoms with E-state index < -0.39 is 0 Å². The number of carbonyl (C=O) groups is 2. The molecule has 2 heterocycles. The number of anilines is 1. The second-order valence-electron chi connectivity index (χ2n) is 5.74. The van der Waals surface area contributed by atoms with E-state index in [1.807, 2.05) is 4.90 Å². The summed E-state index contributed by atoms with van der Waals surface area (Å²) < 4.78 is 4.90. The number of thioether (sulfide) groups is 1. The Balaban J connectivity index is 1.79. The number of likely N-dealkylation sites (tertiary alicyclic amines) is 1. The molecule has 2 unspecified atom stereocenters. The van der Waals surface area contributed by atoms with Crippen LogP contribution in [0.5, 0.6) is 0 Å². The first-order valence-electron chi connectivity index (χ1n) is 7.86. The quantitative estimate of drug-likeness (QED) is 0.811. The van der Waals surface area contributed by atoms with Crippen LogP contribution in [0.15, 0.2) is 10.6 Å². The number of rotatable bonds is 6. The first kappa shape index (κ1) is 17.8. The van der Waals surface area contributed by atoms with Crippen LogP contribution in [0.25, 0.3) is 0 Å². The average molecular weight is 340 g/mol. The van der Waals surface area contributed by atoms with E-state index >= 15 is 0 Å². The molecule has 1 fully saturated rings. The van der Waals surface area contributed by atoms with Crippen molar-refractivity contribution in [2.75, 3.05) is 24.2 Å². The van der Waals surface area contributed by atoms with Crippen LogP contribution < -0.4 is 11.1 Å². The number of hydrogen-bond acceptors (Lipinski definition) is 6. The summed E-state index contributed by atoms with van der Waals surface area (Å²) >= 11 is 1.32. The van der Waals surface area contributed by atoms with E-state index in [-0.39, 0.29) is 28.9 Å². The Kier molecular flexibility index (Phi) is 6.47. The standard InChI is InChI=1S/C15H24N4O3S/c1-10-7-13(18-22-10)17-15(21)11(2)23-9-14(20)19-6-4-3-5-12(19)8-16/h7,11-12H,3-6,8-9,16H2,1-2H3,(H,17,18,21). The Morgan fingerprint density at radius 3 is 3.00 bits per heavy atom. The number of nitrogens with zero attached hydrogens (tertiary/aromatic N) is 2. The summed E-state index contributed by atoms with van der Waals surface area (Å²) in [5.74, 6) is 1.18. The fourth-order valence-corrected chi connectivity index (χ4v) is 3.35. The Morgan fingerprint density at radius 2 is 2.35 bits per heavy atom. The highest BCUT2D eigenvalue weighted by Crippen LogP contribution is 2.20. The summed E-state index contributed by atoms with van der Waals surface area (Å²) in [6.07, 6.45) is 3.11. The highest BCUT2D eigenvalue weighted by Gasteiger charge is 2.26. The van der Waals surface area contributed by atoms with E-state index in [1.165, 1.54) is 11.8 Å². The number of aromatic nitrogens is 1. The molecule has 0 aromatic carbocycles. The van der Waals surface area contributed by atoms with Gasteiger partial charge in [-0.2, -0.15) is 0 Å². The number of carbonyl (C=O) groups excluding carboxylic acids is 2. The van der Waals surface area contributed by atoms with E-state index in [0.717, 1.165) is 25.8 Å². The van der Waals surface area contributed by atoms with Gasteiger partial charge in [0.05, 0.1) is 11.0 Å². The van der Waals surface area contributed by atoms with Gasteiger partial charge in [-0.15, -0.1) is 11.8 Å². The summed E-state index contributed by atoms with van der Waals surface area (Å²) in [4.78, 5) is 26.3. The zero-order chi connectivity index (χ0) is 16.8. The molecule has 1 aliphatic heterocycles. The molecule has 128 valence electrons. The topological polar surface area (TPSA) is 101 Å². The van der Waals surface area contributed by atoms with Crippen molar-refractivity contribution >= 4 is 29.4 Å². The molecule has 1 saturated heterocycles. The molecule has 23 heavy (non-hydrogen) atoms. The lowest BCUT2D eigenvalue weighted by atomic mass is 10.0. The van der Waals surface area contributed by atoms with Crippen molar-refractivity contribution in [3.63, 3.8) is 0 Å². The summed E-state index contributed by atoms with van der Waals surface area (Å²) in [6, 6.07) is 1.79. The normalized spacial score (nSPS) is 19.4. The Morgan fingerprint density at radius 1 is 1.57 bits per heavy atom. The molecule has 0 bridgehead atoms. The fourth-order valence-electron chi connectivity index (χ4n) is 2.58. The van der Waals surface area contributed by atoms with Crippen LogP contribution in [-0.4, -0.2) is 52.0 Å². The molecule has 7 nitrogen and oxygen atoms in total. The smallest absolute Gasteiger partial charge is 0.238 e. The van der Waals surface area contributed by atoms with E-state index in [1.54, 1.807) is 19.9 Å². The van der Waals surface area contributed by atoms with Gasteiger partial charge < -0.3 is 20.5 Å². The van der Waals surface area contributed by atoms with E-state index in [2.05, 4.69) is 10.5 Å². The van der Waals surface area contributed by atoms with Crippen LogP contribution in [0.2, 0.25) is 0 Å². The SMILES string of the molecule is Cc1cc(NC(=O)C(C)SCC(=O)N2CCCCC2CN)no1. The Hall–Kier alpha value is -1.54. The lowest BCUT2D eigenvalue weighted by molar-refractivity contribution is -0.131. The number of nitrogens with two attached hydrogens (primary N) is 1. The largest absolute Gasteiger partial charge is 0.360 e. The summed E-state index contributed by atoms with van der Waals surface area (Å²) in [6.45, 7) is 4.79. The van der Waals surface area contributed by atoms with Gasteiger partial charge in [0.15, 0.2) is 5.82 Å². The van der Waals surface area contributed by atoms with E-state index in [9.17, 15) is 9.59 Å². The molecule has 2 atom stereocenters. The highest BCUT2D eigenvalue weighted by molar-refractivity contribution is 8.01. The second-order valence-corrected chi connectivity index (χ2v) is 7.07. The maximum Gasteiger partial charge on any atom is 0.238 e. The zero-order valence-corrected chi connectivity index (χ0v) is 14.4. The van der Waals surface area contributed by atoms with Crippen molar-refractivity contribution in [3.8, 4) is 0 Å². The maximum atomic E-state index is 12.3. The molecule has 0 radical (unpaired) electrons. The van der Waals surface area contributed by atoms with Gasteiger partial charge in [-0.3, -0.25) is 9.59 Å². The van der Waals surface area contributed by atoms with Crippen LogP contribution in [0.1, 0.15) is 31.9 Å². The molecular weight excluding hydrogens is 316 g/mol. The van der Waals surface area contributed by atoms with Crippen molar-refractivity contribution in [1.29, 1.82) is 0 Å². The van der Waals surface area contributed by atoms with Crippen LogP contribution >= 0.6 is 11.8 Å². The molecule has 2 amide bonds. The monoisotopic (exact) mass is 340 g/mol. The van der Waals surface area contributed by atoms with Crippen molar-refractivity contribution in [2.45, 2.75) is 44.4 Å². The number of nitrogens with one attached hydrogen (secondary N) is 1. The molecule has 0 spiro atoms. The van der Waals surface area contributed by atoms with Gasteiger partial charge in [0.2, 0.25) is 11.8 Å². The van der Waals surface area contributed by atoms with Gasteiger partial charge in [0.1, 0.15) is 5.76 Å². The minimum absolute atomic E-state index is 0.0575. The molecule has 0 saturated carbocycles. The number of hydrogen-bond donors (Lipinski definition) is 2. The molecule has 2 rings (SSSR count). The molecule has 1 aromatic rings. The predicted octanol–water partition coefficient (Wildman–Crippen LogP) is 1.38. The van der Waals surface area contributed by atoms with Crippen LogP contribution in [0.3, 0.4) is 0 Å². The Bertz CT molecular complexity index is 549. The molecule has 0 aliphatic carbocycles. The third kappa shape index (κ3) is 4.97. The molecule has 1 aliphatic rings. The third-order valence-corrected chi connectivity index (χ3v) is 5.05. The first-order valence-corrected chi connectivity index (χ1v) is 8.91. The van der Waals surface area contributed by atoms with Crippen LogP contribution in [0.4, 0.5) is 5.82 Å². The minimum atomic E-state index is -0.350. The number of piperidine rings is 1. The van der Waals surface area contributed by atoms with Crippen LogP contribution in [-0.2, 0) is 9.59 Å². The lowest BCUT2D eigenvalue weighted by Gasteiger charge is -2.35. The molecule has 1 aromatic heterocycles. The molecule has 3 N–H and O–H groups in total. The summed E-state index contributed by atoms with van der Waals surface area (Å²) in [5, 5.41) is 6.05. The highest BCUT2D eigenvalue weighted by atomic mass is 32.2. The zero-order valence-electron chi connectivity index (χ0n) is 13.6. The van der Waals surface area contributed by atoms with Gasteiger partial charge in [-0.05, 0) is 33.1 Å². The number of aryl methyl sites for hydroxylation is 1. The van der Waals surface area contributed by atoms with E-state index in [0.29, 0.717) is 18.1 Å². The molecular formula is C15H24N4O3S. The van der Waals surface area contributed by atoms with Crippen molar-refractivity contribution in [3.05, 3.63) is 11.8 Å². The third-order valence-electron chi connectivity index (χ3n) is 3.92. The molecule has 8 heteroatoms. The second kappa shape index (κ2) is 8.35. The van der Waals surface area contributed by atoms with E-state index in [4.69, 9.17) is 10.3 Å². The first-order chi connectivity index (χ1) is 11.0. The van der Waals surface area contributed by atoms with Crippen LogP contribution in [0, 0.1) is 6.92 Å². The number of amides is 2. The van der Waals surface area contributed by atoms with Gasteiger partial charge in [-0.1, -0.05) is 5.16 Å². The predicted molar refractivity (Wildman–Crippen MR) is 90.2 cm³/mol. The van der Waals surface area contributed by atoms with Crippen molar-refractivity contribution in [1.82, 2.24) is 10.1 Å². The van der Waals surface area contributed by atoms with Gasteiger partial charge in [0, 0.05) is 25.2 Å². The van der Waals surface area contributed by atoms with Crippen molar-refractivity contribution < 1.29 is 14.1 Å². The fraction of sp³-hybridized carbons (Fsp3) is 0.667.